The van der Waals surface area contributed by atoms with Crippen LogP contribution in [-0.2, 0) is 30.8 Å². The molecule has 1 aromatic heterocycles. The highest BCUT2D eigenvalue weighted by Crippen LogP contribution is 2.31. The summed E-state index contributed by atoms with van der Waals surface area (Å²) >= 11 is 1.82. The van der Waals surface area contributed by atoms with Gasteiger partial charge in [0.05, 0.1) is 5.69 Å². The Bertz CT molecular complexity index is 1410. The second-order valence-corrected chi connectivity index (χ2v) is 11.1. The molecule has 5 rings (SSSR count). The molecule has 0 fully saturated rings. The molecule has 1 unspecified atom stereocenters. The molecule has 0 amide bonds. The number of thioether (sulfide) groups is 1. The number of benzene rings is 3. The minimum absolute atomic E-state index is 0.0959. The topological polar surface area (TPSA) is 75.0 Å². The van der Waals surface area contributed by atoms with E-state index >= 15 is 0 Å². The summed E-state index contributed by atoms with van der Waals surface area (Å²) < 4.78 is 5.97. The SMILES string of the molecule is O=C(O)CCc1ccc(OCc2ccc(CN(CCCc3ccccc3)C3=NC(c4ccccn4)CS3)cc2)cc1. The van der Waals surface area contributed by atoms with Gasteiger partial charge in [0.1, 0.15) is 18.4 Å². The first-order chi connectivity index (χ1) is 20.1. The number of carbonyl (C=O) groups is 1. The number of aromatic nitrogens is 1. The molecule has 0 saturated carbocycles. The molecule has 6 nitrogen and oxygen atoms in total. The van der Waals surface area contributed by atoms with Gasteiger partial charge in [-0.3, -0.25) is 14.8 Å². The van der Waals surface area contributed by atoms with E-state index in [2.05, 4.69) is 70.5 Å². The van der Waals surface area contributed by atoms with E-state index in [0.29, 0.717) is 13.0 Å². The lowest BCUT2D eigenvalue weighted by molar-refractivity contribution is -0.136. The number of hydrogen-bond donors (Lipinski definition) is 1. The first-order valence-electron chi connectivity index (χ1n) is 14.0. The van der Waals surface area contributed by atoms with E-state index in [1.165, 1.54) is 11.1 Å². The Morgan fingerprint density at radius 2 is 1.56 bits per heavy atom. The molecular formula is C34H35N3O3S. The van der Waals surface area contributed by atoms with Crippen LogP contribution in [0, 0.1) is 0 Å². The second-order valence-electron chi connectivity index (χ2n) is 10.1. The molecule has 1 aliphatic heterocycles. The average molecular weight is 566 g/mol. The van der Waals surface area contributed by atoms with Crippen molar-refractivity contribution in [3.8, 4) is 5.75 Å². The van der Waals surface area contributed by atoms with Gasteiger partial charge in [-0.1, -0.05) is 84.6 Å². The molecule has 0 bridgehead atoms. The number of pyridine rings is 1. The van der Waals surface area contributed by atoms with Crippen LogP contribution in [0.4, 0.5) is 0 Å². The minimum atomic E-state index is -0.784. The lowest BCUT2D eigenvalue weighted by Crippen LogP contribution is -2.29. The molecule has 1 aliphatic rings. The molecule has 0 spiro atoms. The van der Waals surface area contributed by atoms with Gasteiger partial charge in [-0.2, -0.15) is 0 Å². The van der Waals surface area contributed by atoms with Crippen molar-refractivity contribution in [1.82, 2.24) is 9.88 Å². The van der Waals surface area contributed by atoms with E-state index in [-0.39, 0.29) is 12.5 Å². The number of aliphatic imine (C=N–C) groups is 1. The molecule has 4 aromatic rings. The van der Waals surface area contributed by atoms with Crippen LogP contribution in [0.2, 0.25) is 0 Å². The molecule has 1 atom stereocenters. The zero-order valence-electron chi connectivity index (χ0n) is 23.1. The maximum Gasteiger partial charge on any atom is 0.303 e. The van der Waals surface area contributed by atoms with Crippen molar-refractivity contribution < 1.29 is 14.6 Å². The van der Waals surface area contributed by atoms with Crippen molar-refractivity contribution in [2.75, 3.05) is 12.3 Å². The van der Waals surface area contributed by atoms with E-state index in [1.54, 1.807) is 0 Å². The first kappa shape index (κ1) is 28.4. The van der Waals surface area contributed by atoms with E-state index in [0.717, 1.165) is 59.4 Å². The van der Waals surface area contributed by atoms with Crippen LogP contribution in [0.1, 0.15) is 46.8 Å². The number of nitrogens with zero attached hydrogens (tertiary/aromatic N) is 3. The van der Waals surface area contributed by atoms with Crippen molar-refractivity contribution in [2.45, 2.75) is 44.9 Å². The number of carboxylic acid groups (broad SMARTS) is 1. The normalized spacial score (nSPS) is 14.4. The van der Waals surface area contributed by atoms with Crippen LogP contribution in [0.5, 0.6) is 5.75 Å². The number of aryl methyl sites for hydroxylation is 2. The Labute approximate surface area is 246 Å². The fourth-order valence-corrected chi connectivity index (χ4v) is 5.84. The summed E-state index contributed by atoms with van der Waals surface area (Å²) in [5.41, 5.74) is 5.72. The highest BCUT2D eigenvalue weighted by atomic mass is 32.2. The monoisotopic (exact) mass is 565 g/mol. The molecule has 1 N–H and O–H groups in total. The van der Waals surface area contributed by atoms with Crippen LogP contribution in [0.3, 0.4) is 0 Å². The standard InChI is InChI=1S/C34H35N3O3S/c38-33(39)20-17-27-15-18-30(19-16-27)40-24-29-13-11-28(12-14-29)23-37(22-6-9-26-7-2-1-3-8-26)34-36-32(25-41-34)31-10-4-5-21-35-31/h1-5,7-8,10-16,18-19,21,32H,6,9,17,20,22-25H2,(H,38,39). The van der Waals surface area contributed by atoms with Gasteiger partial charge in [0.25, 0.3) is 0 Å². The third kappa shape index (κ3) is 8.69. The van der Waals surface area contributed by atoms with Crippen LogP contribution in [0.15, 0.2) is 108 Å². The number of carboxylic acids is 1. The lowest BCUT2D eigenvalue weighted by atomic mass is 10.1. The number of hydrogen-bond acceptors (Lipinski definition) is 6. The summed E-state index contributed by atoms with van der Waals surface area (Å²) in [4.78, 5) is 22.8. The minimum Gasteiger partial charge on any atom is -0.489 e. The Morgan fingerprint density at radius 1 is 0.854 bits per heavy atom. The van der Waals surface area contributed by atoms with Crippen LogP contribution >= 0.6 is 11.8 Å². The Balaban J connectivity index is 1.19. The quantitative estimate of drug-likeness (QED) is 0.189. The number of amidine groups is 1. The summed E-state index contributed by atoms with van der Waals surface area (Å²) in [5.74, 6) is 0.905. The van der Waals surface area contributed by atoms with Crippen LogP contribution < -0.4 is 4.74 Å². The van der Waals surface area contributed by atoms with Gasteiger partial charge in [-0.15, -0.1) is 0 Å². The van der Waals surface area contributed by atoms with Crippen molar-refractivity contribution >= 4 is 22.9 Å². The van der Waals surface area contributed by atoms with Crippen LogP contribution in [-0.4, -0.2) is 38.4 Å². The predicted molar refractivity (Wildman–Crippen MR) is 165 cm³/mol. The molecule has 0 aliphatic carbocycles. The Kier molecular flexibility index (Phi) is 10.1. The van der Waals surface area contributed by atoms with E-state index in [9.17, 15) is 4.79 Å². The average Bonchev–Trinajstić information content (AvgIpc) is 3.51. The van der Waals surface area contributed by atoms with Gasteiger partial charge >= 0.3 is 5.97 Å². The lowest BCUT2D eigenvalue weighted by Gasteiger charge is -2.24. The molecule has 210 valence electrons. The molecule has 2 heterocycles. The Hall–Kier alpha value is -4.10. The van der Waals surface area contributed by atoms with Crippen molar-refractivity contribution in [2.24, 2.45) is 4.99 Å². The number of aliphatic carboxylic acids is 1. The summed E-state index contributed by atoms with van der Waals surface area (Å²) in [6.07, 6.45) is 4.59. The third-order valence-electron chi connectivity index (χ3n) is 7.03. The van der Waals surface area contributed by atoms with Gasteiger partial charge in [0.2, 0.25) is 0 Å². The maximum absolute atomic E-state index is 10.8. The highest BCUT2D eigenvalue weighted by molar-refractivity contribution is 8.14. The zero-order chi connectivity index (χ0) is 28.3. The van der Waals surface area contributed by atoms with Crippen molar-refractivity contribution in [3.63, 3.8) is 0 Å². The fraction of sp³-hybridized carbons (Fsp3) is 0.265. The molecule has 3 aromatic carbocycles. The van der Waals surface area contributed by atoms with Gasteiger partial charge in [0.15, 0.2) is 5.17 Å². The number of ether oxygens (including phenoxy) is 1. The predicted octanol–water partition coefficient (Wildman–Crippen LogP) is 6.96. The summed E-state index contributed by atoms with van der Waals surface area (Å²) in [6.45, 7) is 2.21. The van der Waals surface area contributed by atoms with Gasteiger partial charge < -0.3 is 14.7 Å². The van der Waals surface area contributed by atoms with Crippen LogP contribution in [0.25, 0.3) is 0 Å². The van der Waals surface area contributed by atoms with E-state index in [1.807, 2.05) is 54.4 Å². The summed E-state index contributed by atoms with van der Waals surface area (Å²) in [6, 6.07) is 33.0. The largest absolute Gasteiger partial charge is 0.489 e. The third-order valence-corrected chi connectivity index (χ3v) is 8.13. The van der Waals surface area contributed by atoms with Crippen molar-refractivity contribution in [1.29, 1.82) is 0 Å². The van der Waals surface area contributed by atoms with Crippen molar-refractivity contribution in [3.05, 3.63) is 131 Å². The summed E-state index contributed by atoms with van der Waals surface area (Å²) in [5, 5.41) is 9.95. The molecular weight excluding hydrogens is 530 g/mol. The first-order valence-corrected chi connectivity index (χ1v) is 15.0. The second kappa shape index (κ2) is 14.5. The summed E-state index contributed by atoms with van der Waals surface area (Å²) in [7, 11) is 0. The fourth-order valence-electron chi connectivity index (χ4n) is 4.75. The zero-order valence-corrected chi connectivity index (χ0v) is 23.9. The molecule has 7 heteroatoms. The van der Waals surface area contributed by atoms with Gasteiger partial charge in [-0.05, 0) is 65.8 Å². The van der Waals surface area contributed by atoms with Gasteiger partial charge in [0, 0.05) is 31.5 Å². The molecule has 0 saturated heterocycles. The van der Waals surface area contributed by atoms with E-state index in [4.69, 9.17) is 14.8 Å². The van der Waals surface area contributed by atoms with E-state index < -0.39 is 5.97 Å². The van der Waals surface area contributed by atoms with Gasteiger partial charge in [-0.25, -0.2) is 0 Å². The highest BCUT2D eigenvalue weighted by Gasteiger charge is 2.25. The maximum atomic E-state index is 10.8. The number of rotatable bonds is 13. The Morgan fingerprint density at radius 3 is 2.29 bits per heavy atom. The molecule has 41 heavy (non-hydrogen) atoms. The smallest absolute Gasteiger partial charge is 0.303 e. The molecule has 0 radical (unpaired) electrons.